The van der Waals surface area contributed by atoms with E-state index in [1.54, 1.807) is 12.1 Å². The Morgan fingerprint density at radius 2 is 1.00 bits per heavy atom. The van der Waals surface area contributed by atoms with E-state index in [9.17, 15) is 4.79 Å². The number of benzene rings is 3. The van der Waals surface area contributed by atoms with Crippen molar-refractivity contribution in [3.05, 3.63) is 108 Å². The maximum absolute atomic E-state index is 10.0. The van der Waals surface area contributed by atoms with E-state index >= 15 is 0 Å². The SMILES string of the molecule is O=Cc1ccccc1.c1ccc(CNCCCNCc2ccccc2)cc1. The van der Waals surface area contributed by atoms with Gasteiger partial charge in [-0.2, -0.15) is 0 Å². The summed E-state index contributed by atoms with van der Waals surface area (Å²) < 4.78 is 0. The molecule has 0 radical (unpaired) electrons. The van der Waals surface area contributed by atoms with Gasteiger partial charge in [-0.15, -0.1) is 0 Å². The van der Waals surface area contributed by atoms with Crippen molar-refractivity contribution in [2.24, 2.45) is 0 Å². The second kappa shape index (κ2) is 13.5. The van der Waals surface area contributed by atoms with Crippen molar-refractivity contribution in [3.63, 3.8) is 0 Å². The van der Waals surface area contributed by atoms with E-state index in [1.807, 2.05) is 18.2 Å². The summed E-state index contributed by atoms with van der Waals surface area (Å²) in [6, 6.07) is 30.1. The minimum Gasteiger partial charge on any atom is -0.313 e. The van der Waals surface area contributed by atoms with E-state index in [1.165, 1.54) is 11.1 Å². The first kappa shape index (κ1) is 20.6. The largest absolute Gasteiger partial charge is 0.313 e. The van der Waals surface area contributed by atoms with Crippen LogP contribution >= 0.6 is 0 Å². The molecule has 0 saturated carbocycles. The molecule has 2 N–H and O–H groups in total. The van der Waals surface area contributed by atoms with E-state index in [0.717, 1.165) is 44.4 Å². The number of hydrogen-bond acceptors (Lipinski definition) is 3. The number of nitrogens with one attached hydrogen (secondary N) is 2. The molecule has 27 heavy (non-hydrogen) atoms. The monoisotopic (exact) mass is 360 g/mol. The molecule has 0 aliphatic heterocycles. The molecule has 0 saturated heterocycles. The fraction of sp³-hybridized carbons (Fsp3) is 0.208. The smallest absolute Gasteiger partial charge is 0.150 e. The van der Waals surface area contributed by atoms with Crippen LogP contribution in [-0.4, -0.2) is 19.4 Å². The van der Waals surface area contributed by atoms with Gasteiger partial charge in [-0.3, -0.25) is 4.79 Å². The lowest BCUT2D eigenvalue weighted by Crippen LogP contribution is -2.21. The van der Waals surface area contributed by atoms with E-state index < -0.39 is 0 Å². The third-order valence-corrected chi connectivity index (χ3v) is 3.99. The predicted octanol–water partition coefficient (Wildman–Crippen LogP) is 4.46. The molecule has 0 bridgehead atoms. The zero-order valence-electron chi connectivity index (χ0n) is 15.7. The highest BCUT2D eigenvalue weighted by Gasteiger charge is 1.92. The van der Waals surface area contributed by atoms with E-state index in [-0.39, 0.29) is 0 Å². The minimum absolute atomic E-state index is 0.729. The minimum atomic E-state index is 0.729. The van der Waals surface area contributed by atoms with Crippen LogP contribution in [0.4, 0.5) is 0 Å². The van der Waals surface area contributed by atoms with Crippen molar-refractivity contribution < 1.29 is 4.79 Å². The summed E-state index contributed by atoms with van der Waals surface area (Å²) in [7, 11) is 0. The molecule has 3 rings (SSSR count). The standard InChI is InChI=1S/C17H22N2.C7H6O/c1-3-8-16(9-4-1)14-18-12-7-13-19-15-17-10-5-2-6-11-17;8-6-7-4-2-1-3-5-7/h1-6,8-11,18-19H,7,12-15H2;1-6H. The zero-order valence-corrected chi connectivity index (χ0v) is 15.7. The molecule has 3 aromatic carbocycles. The Bertz CT molecular complexity index is 687. The molecule has 3 nitrogen and oxygen atoms in total. The van der Waals surface area contributed by atoms with Gasteiger partial charge in [0.1, 0.15) is 6.29 Å². The summed E-state index contributed by atoms with van der Waals surface area (Å²) >= 11 is 0. The van der Waals surface area contributed by atoms with Gasteiger partial charge in [-0.05, 0) is 30.6 Å². The Morgan fingerprint density at radius 3 is 1.37 bits per heavy atom. The zero-order chi connectivity index (χ0) is 19.0. The Labute approximate surface area is 162 Å². The molecule has 0 aliphatic rings. The highest BCUT2D eigenvalue weighted by molar-refractivity contribution is 5.74. The molecule has 0 unspecified atom stereocenters. The first-order chi connectivity index (χ1) is 13.4. The van der Waals surface area contributed by atoms with Crippen molar-refractivity contribution >= 4 is 6.29 Å². The van der Waals surface area contributed by atoms with Gasteiger partial charge in [0, 0.05) is 18.7 Å². The van der Waals surface area contributed by atoms with Gasteiger partial charge in [-0.1, -0.05) is 91.0 Å². The molecule has 0 aromatic heterocycles. The summed E-state index contributed by atoms with van der Waals surface area (Å²) in [6.45, 7) is 4.02. The molecule has 0 fully saturated rings. The molecule has 0 spiro atoms. The van der Waals surface area contributed by atoms with Crippen molar-refractivity contribution in [3.8, 4) is 0 Å². The molecular weight excluding hydrogens is 332 g/mol. The lowest BCUT2D eigenvalue weighted by atomic mass is 10.2. The molecule has 3 heteroatoms. The highest BCUT2D eigenvalue weighted by Crippen LogP contribution is 1.98. The summed E-state index contributed by atoms with van der Waals surface area (Å²) in [5.41, 5.74) is 3.42. The van der Waals surface area contributed by atoms with E-state index in [0.29, 0.717) is 0 Å². The maximum Gasteiger partial charge on any atom is 0.150 e. The summed E-state index contributed by atoms with van der Waals surface area (Å²) in [4.78, 5) is 10.0. The summed E-state index contributed by atoms with van der Waals surface area (Å²) in [5, 5.41) is 6.92. The summed E-state index contributed by atoms with van der Waals surface area (Å²) in [5.74, 6) is 0. The van der Waals surface area contributed by atoms with Gasteiger partial charge in [0.05, 0.1) is 0 Å². The molecule has 0 atom stereocenters. The van der Waals surface area contributed by atoms with Crippen LogP contribution in [0, 0.1) is 0 Å². The molecule has 0 aliphatic carbocycles. The van der Waals surface area contributed by atoms with Crippen LogP contribution < -0.4 is 10.6 Å². The molecular formula is C24H28N2O. The van der Waals surface area contributed by atoms with Crippen LogP contribution in [0.1, 0.15) is 27.9 Å². The lowest BCUT2D eigenvalue weighted by molar-refractivity contribution is 0.112. The fourth-order valence-corrected chi connectivity index (χ4v) is 2.53. The second-order valence-corrected chi connectivity index (χ2v) is 6.21. The van der Waals surface area contributed by atoms with Gasteiger partial charge in [-0.25, -0.2) is 0 Å². The number of rotatable bonds is 9. The van der Waals surface area contributed by atoms with Crippen molar-refractivity contribution in [2.45, 2.75) is 19.5 Å². The first-order valence-corrected chi connectivity index (χ1v) is 9.38. The third kappa shape index (κ3) is 9.50. The molecule has 0 amide bonds. The van der Waals surface area contributed by atoms with Crippen LogP contribution in [0.15, 0.2) is 91.0 Å². The van der Waals surface area contributed by atoms with Crippen molar-refractivity contribution in [2.75, 3.05) is 13.1 Å². The highest BCUT2D eigenvalue weighted by atomic mass is 16.1. The number of hydrogen-bond donors (Lipinski definition) is 2. The fourth-order valence-electron chi connectivity index (χ4n) is 2.53. The van der Waals surface area contributed by atoms with Crippen LogP contribution in [0.25, 0.3) is 0 Å². The van der Waals surface area contributed by atoms with Crippen LogP contribution in [0.5, 0.6) is 0 Å². The maximum atomic E-state index is 10.0. The third-order valence-electron chi connectivity index (χ3n) is 3.99. The van der Waals surface area contributed by atoms with Gasteiger partial charge < -0.3 is 10.6 Å². The van der Waals surface area contributed by atoms with Gasteiger partial charge >= 0.3 is 0 Å². The Kier molecular flexibility index (Phi) is 10.2. The Morgan fingerprint density at radius 1 is 0.593 bits per heavy atom. The predicted molar refractivity (Wildman–Crippen MR) is 113 cm³/mol. The summed E-state index contributed by atoms with van der Waals surface area (Å²) in [6.07, 6.45) is 1.99. The van der Waals surface area contributed by atoms with Gasteiger partial charge in [0.25, 0.3) is 0 Å². The first-order valence-electron chi connectivity index (χ1n) is 9.38. The van der Waals surface area contributed by atoms with E-state index in [4.69, 9.17) is 0 Å². The quantitative estimate of drug-likeness (QED) is 0.437. The second-order valence-electron chi connectivity index (χ2n) is 6.21. The number of aldehydes is 1. The molecule has 0 heterocycles. The van der Waals surface area contributed by atoms with Gasteiger partial charge in [0.15, 0.2) is 0 Å². The average Bonchev–Trinajstić information content (AvgIpc) is 2.75. The van der Waals surface area contributed by atoms with Crippen LogP contribution in [0.3, 0.4) is 0 Å². The van der Waals surface area contributed by atoms with E-state index in [2.05, 4.69) is 71.3 Å². The molecule has 3 aromatic rings. The lowest BCUT2D eigenvalue weighted by Gasteiger charge is -2.06. The van der Waals surface area contributed by atoms with Crippen molar-refractivity contribution in [1.29, 1.82) is 0 Å². The van der Waals surface area contributed by atoms with Crippen molar-refractivity contribution in [1.82, 2.24) is 10.6 Å². The Hall–Kier alpha value is -2.75. The Balaban J connectivity index is 0.000000273. The topological polar surface area (TPSA) is 41.1 Å². The number of carbonyl (C=O) groups is 1. The normalized spacial score (nSPS) is 9.93. The average molecular weight is 361 g/mol. The van der Waals surface area contributed by atoms with Gasteiger partial charge in [0.2, 0.25) is 0 Å². The molecule has 140 valence electrons. The van der Waals surface area contributed by atoms with Crippen LogP contribution in [-0.2, 0) is 13.1 Å². The number of carbonyl (C=O) groups excluding carboxylic acids is 1. The van der Waals surface area contributed by atoms with Crippen LogP contribution in [0.2, 0.25) is 0 Å².